The summed E-state index contributed by atoms with van der Waals surface area (Å²) >= 11 is 0. The quantitative estimate of drug-likeness (QED) is 0.812. The van der Waals surface area contributed by atoms with Crippen molar-refractivity contribution in [2.24, 2.45) is 0 Å². The summed E-state index contributed by atoms with van der Waals surface area (Å²) in [6.07, 6.45) is 0. The fourth-order valence-electron chi connectivity index (χ4n) is 1.19. The van der Waals surface area contributed by atoms with Gasteiger partial charge in [0.2, 0.25) is 0 Å². The third-order valence-corrected chi connectivity index (χ3v) is 3.49. The van der Waals surface area contributed by atoms with Gasteiger partial charge in [-0.05, 0) is 37.1 Å². The fraction of sp³-hybridized carbons (Fsp3) is 0.222. The zero-order chi connectivity index (χ0) is 11.8. The maximum absolute atomic E-state index is 11.0. The van der Waals surface area contributed by atoms with Crippen molar-refractivity contribution in [3.63, 3.8) is 0 Å². The molecule has 0 aromatic heterocycles. The number of halogens is 1. The smallest absolute Gasteiger partial charge is 0.336 e. The van der Waals surface area contributed by atoms with E-state index in [0.29, 0.717) is 11.1 Å². The number of carboxylic acids is 1. The number of carbonyl (C=O) groups is 1. The number of carboxylic acid groups (broad SMARTS) is 1. The Morgan fingerprint density at radius 1 is 1.33 bits per heavy atom. The summed E-state index contributed by atoms with van der Waals surface area (Å²) in [6, 6.07) is 2.41. The second kappa shape index (κ2) is 3.83. The van der Waals surface area contributed by atoms with Gasteiger partial charge in [0, 0.05) is 10.7 Å². The lowest BCUT2D eigenvalue weighted by Crippen LogP contribution is -2.04. The average molecular weight is 249 g/mol. The maximum atomic E-state index is 11.0. The Hall–Kier alpha value is -1.07. The first-order chi connectivity index (χ1) is 6.73. The Kier molecular flexibility index (Phi) is 3.06. The van der Waals surface area contributed by atoms with Gasteiger partial charge in [-0.25, -0.2) is 13.2 Å². The molecular weight excluding hydrogens is 240 g/mol. The van der Waals surface area contributed by atoms with Gasteiger partial charge in [0.1, 0.15) is 0 Å². The normalized spacial score (nSPS) is 11.4. The molecule has 0 fully saturated rings. The van der Waals surface area contributed by atoms with Crippen LogP contribution in [0.2, 0.25) is 0 Å². The molecule has 0 amide bonds. The molecular formula is C9H9ClO4S. The highest BCUT2D eigenvalue weighted by atomic mass is 35.7. The topological polar surface area (TPSA) is 71.4 Å². The van der Waals surface area contributed by atoms with Crippen molar-refractivity contribution in [2.75, 3.05) is 0 Å². The summed E-state index contributed by atoms with van der Waals surface area (Å²) in [7, 11) is 1.25. The molecule has 82 valence electrons. The minimum Gasteiger partial charge on any atom is -0.478 e. The predicted molar refractivity (Wildman–Crippen MR) is 55.9 cm³/mol. The third-order valence-electron chi connectivity index (χ3n) is 2.15. The molecule has 0 heterocycles. The van der Waals surface area contributed by atoms with E-state index in [1.807, 2.05) is 0 Å². The monoisotopic (exact) mass is 248 g/mol. The minimum atomic E-state index is -3.89. The Bertz CT molecular complexity index is 519. The zero-order valence-electron chi connectivity index (χ0n) is 8.11. The third kappa shape index (κ3) is 2.49. The molecule has 4 nitrogen and oxygen atoms in total. The molecule has 0 spiro atoms. The van der Waals surface area contributed by atoms with Gasteiger partial charge in [0.25, 0.3) is 9.05 Å². The van der Waals surface area contributed by atoms with Crippen LogP contribution in [-0.4, -0.2) is 19.5 Å². The van der Waals surface area contributed by atoms with Crippen molar-refractivity contribution in [1.29, 1.82) is 0 Å². The number of benzene rings is 1. The highest BCUT2D eigenvalue weighted by Crippen LogP contribution is 2.22. The lowest BCUT2D eigenvalue weighted by molar-refractivity contribution is 0.0695. The molecule has 0 aliphatic heterocycles. The molecule has 1 N–H and O–H groups in total. The van der Waals surface area contributed by atoms with E-state index in [2.05, 4.69) is 0 Å². The van der Waals surface area contributed by atoms with Crippen molar-refractivity contribution < 1.29 is 18.3 Å². The number of rotatable bonds is 2. The van der Waals surface area contributed by atoms with E-state index in [0.717, 1.165) is 6.07 Å². The number of hydrogen-bond donors (Lipinski definition) is 1. The van der Waals surface area contributed by atoms with Gasteiger partial charge in [0.15, 0.2) is 0 Å². The van der Waals surface area contributed by atoms with E-state index in [4.69, 9.17) is 15.8 Å². The Balaban J connectivity index is 3.57. The molecule has 15 heavy (non-hydrogen) atoms. The van der Waals surface area contributed by atoms with Crippen LogP contribution in [-0.2, 0) is 9.05 Å². The molecule has 1 rings (SSSR count). The molecule has 0 saturated heterocycles. The fourth-order valence-corrected chi connectivity index (χ4v) is 2.03. The van der Waals surface area contributed by atoms with Gasteiger partial charge in [-0.3, -0.25) is 0 Å². The summed E-state index contributed by atoms with van der Waals surface area (Å²) in [4.78, 5) is 10.6. The number of aryl methyl sites for hydroxylation is 1. The molecule has 0 aliphatic carbocycles. The van der Waals surface area contributed by atoms with Crippen molar-refractivity contribution in [2.45, 2.75) is 18.7 Å². The Labute approximate surface area is 91.9 Å². The molecule has 1 aromatic rings. The van der Waals surface area contributed by atoms with Crippen LogP contribution in [0.15, 0.2) is 17.0 Å². The summed E-state index contributed by atoms with van der Waals surface area (Å²) in [5.41, 5.74) is 1.06. The molecule has 0 atom stereocenters. The second-order valence-electron chi connectivity index (χ2n) is 3.16. The summed E-state index contributed by atoms with van der Waals surface area (Å²) in [5, 5.41) is 8.84. The first-order valence-corrected chi connectivity index (χ1v) is 6.33. The molecule has 6 heteroatoms. The Morgan fingerprint density at radius 3 is 2.27 bits per heavy atom. The van der Waals surface area contributed by atoms with Gasteiger partial charge in [-0.1, -0.05) is 0 Å². The van der Waals surface area contributed by atoms with Crippen LogP contribution >= 0.6 is 10.7 Å². The molecule has 0 aliphatic rings. The molecule has 1 aromatic carbocycles. The van der Waals surface area contributed by atoms with Crippen molar-refractivity contribution >= 4 is 25.7 Å². The SMILES string of the molecule is Cc1cc(S(=O)(=O)Cl)cc(C(=O)O)c1C. The number of aromatic carboxylic acids is 1. The predicted octanol–water partition coefficient (Wildman–Crippen LogP) is 1.93. The first-order valence-electron chi connectivity index (χ1n) is 4.02. The lowest BCUT2D eigenvalue weighted by Gasteiger charge is -2.06. The summed E-state index contributed by atoms with van der Waals surface area (Å²) < 4.78 is 22.1. The summed E-state index contributed by atoms with van der Waals surface area (Å²) in [5.74, 6) is -1.17. The van der Waals surface area contributed by atoms with Crippen LogP contribution in [0.1, 0.15) is 21.5 Å². The van der Waals surface area contributed by atoms with Crippen molar-refractivity contribution in [3.8, 4) is 0 Å². The molecule has 0 saturated carbocycles. The van der Waals surface area contributed by atoms with Crippen molar-refractivity contribution in [3.05, 3.63) is 28.8 Å². The van der Waals surface area contributed by atoms with E-state index >= 15 is 0 Å². The largest absolute Gasteiger partial charge is 0.478 e. The van der Waals surface area contributed by atoms with Gasteiger partial charge in [-0.15, -0.1) is 0 Å². The van der Waals surface area contributed by atoms with Crippen LogP contribution in [0.4, 0.5) is 0 Å². The second-order valence-corrected chi connectivity index (χ2v) is 5.72. The van der Waals surface area contributed by atoms with E-state index in [1.54, 1.807) is 13.8 Å². The minimum absolute atomic E-state index is 0.0470. The van der Waals surface area contributed by atoms with E-state index in [9.17, 15) is 13.2 Å². The van der Waals surface area contributed by atoms with Crippen LogP contribution < -0.4 is 0 Å². The molecule has 0 unspecified atom stereocenters. The molecule has 0 radical (unpaired) electrons. The highest BCUT2D eigenvalue weighted by Gasteiger charge is 2.17. The van der Waals surface area contributed by atoms with Gasteiger partial charge < -0.3 is 5.11 Å². The average Bonchev–Trinajstić information content (AvgIpc) is 2.06. The van der Waals surface area contributed by atoms with Crippen LogP contribution in [0.25, 0.3) is 0 Å². The van der Waals surface area contributed by atoms with Gasteiger partial charge in [0.05, 0.1) is 10.5 Å². The first kappa shape index (κ1) is 12.0. The standard InChI is InChI=1S/C9H9ClO4S/c1-5-3-7(15(10,13)14)4-8(6(5)2)9(11)12/h3-4H,1-2H3,(H,11,12). The van der Waals surface area contributed by atoms with E-state index in [1.165, 1.54) is 6.07 Å². The van der Waals surface area contributed by atoms with Crippen LogP contribution in [0.5, 0.6) is 0 Å². The number of hydrogen-bond acceptors (Lipinski definition) is 3. The van der Waals surface area contributed by atoms with E-state index < -0.39 is 15.0 Å². The molecule has 0 bridgehead atoms. The Morgan fingerprint density at radius 2 is 1.87 bits per heavy atom. The summed E-state index contributed by atoms with van der Waals surface area (Å²) in [6.45, 7) is 3.25. The van der Waals surface area contributed by atoms with Crippen molar-refractivity contribution in [1.82, 2.24) is 0 Å². The maximum Gasteiger partial charge on any atom is 0.336 e. The van der Waals surface area contributed by atoms with E-state index in [-0.39, 0.29) is 10.5 Å². The van der Waals surface area contributed by atoms with Crippen LogP contribution in [0.3, 0.4) is 0 Å². The highest BCUT2D eigenvalue weighted by molar-refractivity contribution is 8.13. The lowest BCUT2D eigenvalue weighted by atomic mass is 10.0. The van der Waals surface area contributed by atoms with Gasteiger partial charge >= 0.3 is 5.97 Å². The van der Waals surface area contributed by atoms with Crippen LogP contribution in [0, 0.1) is 13.8 Å². The zero-order valence-corrected chi connectivity index (χ0v) is 9.69. The van der Waals surface area contributed by atoms with Gasteiger partial charge in [-0.2, -0.15) is 0 Å².